The van der Waals surface area contributed by atoms with E-state index < -0.39 is 6.10 Å². The molecule has 118 valence electrons. The Bertz CT molecular complexity index is 599. The van der Waals surface area contributed by atoms with Crippen LogP contribution in [-0.4, -0.2) is 43.9 Å². The molecule has 1 amide bonds. The Balaban J connectivity index is 1.86. The smallest absolute Gasteiger partial charge is 0.243 e. The molecule has 22 heavy (non-hydrogen) atoms. The minimum absolute atomic E-state index is 0.0208. The van der Waals surface area contributed by atoms with E-state index in [2.05, 4.69) is 20.7 Å². The van der Waals surface area contributed by atoms with Crippen LogP contribution in [0.3, 0.4) is 0 Å². The lowest BCUT2D eigenvalue weighted by Gasteiger charge is -2.17. The van der Waals surface area contributed by atoms with E-state index in [1.54, 1.807) is 0 Å². The summed E-state index contributed by atoms with van der Waals surface area (Å²) in [5.41, 5.74) is 0.848. The highest BCUT2D eigenvalue weighted by atomic mass is 16.3. The molecule has 0 aliphatic heterocycles. The van der Waals surface area contributed by atoms with E-state index in [1.807, 2.05) is 44.2 Å². The van der Waals surface area contributed by atoms with Crippen molar-refractivity contribution in [3.05, 3.63) is 30.3 Å². The van der Waals surface area contributed by atoms with Crippen molar-refractivity contribution in [1.29, 1.82) is 0 Å². The molecule has 2 aromatic rings. The molecule has 0 saturated heterocycles. The van der Waals surface area contributed by atoms with E-state index in [0.717, 1.165) is 12.0 Å². The van der Waals surface area contributed by atoms with Crippen LogP contribution in [0, 0.1) is 5.92 Å². The Kier molecular flexibility index (Phi) is 5.60. The van der Waals surface area contributed by atoms with Gasteiger partial charge in [-0.1, -0.05) is 50.6 Å². The van der Waals surface area contributed by atoms with Crippen LogP contribution in [0.15, 0.2) is 30.3 Å². The number of amides is 1. The van der Waals surface area contributed by atoms with Gasteiger partial charge in [0.15, 0.2) is 0 Å². The first-order valence-corrected chi connectivity index (χ1v) is 7.38. The first kappa shape index (κ1) is 16.1. The summed E-state index contributed by atoms with van der Waals surface area (Å²) >= 11 is 0. The number of rotatable bonds is 7. The van der Waals surface area contributed by atoms with E-state index in [-0.39, 0.29) is 24.9 Å². The number of aliphatic hydroxyl groups is 1. The molecule has 0 spiro atoms. The van der Waals surface area contributed by atoms with Gasteiger partial charge in [0.2, 0.25) is 11.7 Å². The minimum Gasteiger partial charge on any atom is -0.391 e. The highest BCUT2D eigenvalue weighted by Crippen LogP contribution is 2.11. The zero-order valence-corrected chi connectivity index (χ0v) is 12.8. The monoisotopic (exact) mass is 303 g/mol. The van der Waals surface area contributed by atoms with Gasteiger partial charge < -0.3 is 10.4 Å². The van der Waals surface area contributed by atoms with Crippen LogP contribution in [0.4, 0.5) is 0 Å². The molecule has 0 aliphatic carbocycles. The van der Waals surface area contributed by atoms with Crippen LogP contribution in [0.5, 0.6) is 0 Å². The maximum Gasteiger partial charge on any atom is 0.243 e. The number of carbonyl (C=O) groups is 1. The van der Waals surface area contributed by atoms with Crippen LogP contribution >= 0.6 is 0 Å². The quantitative estimate of drug-likeness (QED) is 0.791. The molecule has 2 atom stereocenters. The van der Waals surface area contributed by atoms with Gasteiger partial charge in [-0.3, -0.25) is 4.79 Å². The average Bonchev–Trinajstić information content (AvgIpc) is 3.01. The summed E-state index contributed by atoms with van der Waals surface area (Å²) in [7, 11) is 0. The predicted molar refractivity (Wildman–Crippen MR) is 81.7 cm³/mol. The Hall–Kier alpha value is -2.28. The first-order chi connectivity index (χ1) is 10.6. The molecule has 1 aromatic heterocycles. The van der Waals surface area contributed by atoms with E-state index in [4.69, 9.17) is 0 Å². The third kappa shape index (κ3) is 4.36. The minimum atomic E-state index is -0.544. The van der Waals surface area contributed by atoms with Gasteiger partial charge >= 0.3 is 0 Å². The van der Waals surface area contributed by atoms with Gasteiger partial charge in [0.05, 0.1) is 6.10 Å². The van der Waals surface area contributed by atoms with Crippen molar-refractivity contribution in [2.24, 2.45) is 5.92 Å². The molecule has 0 saturated carbocycles. The predicted octanol–water partition coefficient (Wildman–Crippen LogP) is 0.863. The number of aliphatic hydroxyl groups excluding tert-OH is 1. The van der Waals surface area contributed by atoms with Crippen LogP contribution in [0.1, 0.15) is 20.3 Å². The number of nitrogens with zero attached hydrogens (tertiary/aromatic N) is 4. The molecule has 0 fully saturated rings. The van der Waals surface area contributed by atoms with Gasteiger partial charge in [-0.15, -0.1) is 10.2 Å². The molecular weight excluding hydrogens is 282 g/mol. The lowest BCUT2D eigenvalue weighted by atomic mass is 10.0. The molecule has 7 heteroatoms. The van der Waals surface area contributed by atoms with Crippen LogP contribution in [0.2, 0.25) is 0 Å². The molecule has 0 bridgehead atoms. The highest BCUT2D eigenvalue weighted by molar-refractivity contribution is 5.75. The zero-order chi connectivity index (χ0) is 15.9. The second-order valence-corrected chi connectivity index (χ2v) is 5.27. The summed E-state index contributed by atoms with van der Waals surface area (Å²) in [6.45, 7) is 4.16. The molecule has 2 rings (SSSR count). The summed E-state index contributed by atoms with van der Waals surface area (Å²) < 4.78 is 0. The SMILES string of the molecule is CCC(C)C(O)CNC(=O)Cn1nnc(-c2ccccc2)n1. The Morgan fingerprint density at radius 3 is 2.77 bits per heavy atom. The second kappa shape index (κ2) is 7.65. The third-order valence-electron chi connectivity index (χ3n) is 3.58. The molecule has 7 nitrogen and oxygen atoms in total. The number of tetrazole rings is 1. The number of aromatic nitrogens is 4. The number of carbonyl (C=O) groups excluding carboxylic acids is 1. The fourth-order valence-electron chi connectivity index (χ4n) is 1.89. The van der Waals surface area contributed by atoms with Gasteiger partial charge in [0.1, 0.15) is 6.54 Å². The summed E-state index contributed by atoms with van der Waals surface area (Å²) in [4.78, 5) is 13.1. The van der Waals surface area contributed by atoms with Crippen molar-refractivity contribution in [3.8, 4) is 11.4 Å². The largest absolute Gasteiger partial charge is 0.391 e. The topological polar surface area (TPSA) is 92.9 Å². The van der Waals surface area contributed by atoms with Crippen molar-refractivity contribution < 1.29 is 9.90 Å². The lowest BCUT2D eigenvalue weighted by Crippen LogP contribution is -2.37. The van der Waals surface area contributed by atoms with E-state index in [0.29, 0.717) is 5.82 Å². The summed E-state index contributed by atoms with van der Waals surface area (Å²) in [6.07, 6.45) is 0.319. The van der Waals surface area contributed by atoms with E-state index >= 15 is 0 Å². The highest BCUT2D eigenvalue weighted by Gasteiger charge is 2.14. The molecule has 1 aromatic carbocycles. The molecule has 0 radical (unpaired) electrons. The number of hydrogen-bond acceptors (Lipinski definition) is 5. The van der Waals surface area contributed by atoms with Gasteiger partial charge in [0, 0.05) is 12.1 Å². The molecular formula is C15H21N5O2. The average molecular weight is 303 g/mol. The third-order valence-corrected chi connectivity index (χ3v) is 3.58. The van der Waals surface area contributed by atoms with Crippen molar-refractivity contribution in [2.75, 3.05) is 6.54 Å². The van der Waals surface area contributed by atoms with E-state index in [1.165, 1.54) is 4.80 Å². The van der Waals surface area contributed by atoms with Gasteiger partial charge in [-0.05, 0) is 11.1 Å². The maximum absolute atomic E-state index is 11.8. The van der Waals surface area contributed by atoms with Gasteiger partial charge in [0.25, 0.3) is 0 Å². The van der Waals surface area contributed by atoms with Crippen molar-refractivity contribution >= 4 is 5.91 Å². The van der Waals surface area contributed by atoms with Gasteiger partial charge in [-0.25, -0.2) is 0 Å². The normalized spacial score (nSPS) is 13.6. The lowest BCUT2D eigenvalue weighted by molar-refractivity contribution is -0.122. The first-order valence-electron chi connectivity index (χ1n) is 7.38. The van der Waals surface area contributed by atoms with Crippen LogP contribution < -0.4 is 5.32 Å². The van der Waals surface area contributed by atoms with Crippen molar-refractivity contribution in [3.63, 3.8) is 0 Å². The molecule has 0 aliphatic rings. The zero-order valence-electron chi connectivity index (χ0n) is 12.8. The van der Waals surface area contributed by atoms with Crippen LogP contribution in [-0.2, 0) is 11.3 Å². The number of benzene rings is 1. The van der Waals surface area contributed by atoms with Crippen molar-refractivity contribution in [1.82, 2.24) is 25.5 Å². The maximum atomic E-state index is 11.8. The number of hydrogen-bond donors (Lipinski definition) is 2. The molecule has 2 unspecified atom stereocenters. The summed E-state index contributed by atoms with van der Waals surface area (Å²) in [6, 6.07) is 9.44. The number of nitrogens with one attached hydrogen (secondary N) is 1. The standard InChI is InChI=1S/C15H21N5O2/c1-3-11(2)13(21)9-16-14(22)10-20-18-15(17-19-20)12-7-5-4-6-8-12/h4-8,11,13,21H,3,9-10H2,1-2H3,(H,16,22). The molecule has 2 N–H and O–H groups in total. The fourth-order valence-corrected chi connectivity index (χ4v) is 1.89. The Morgan fingerprint density at radius 1 is 1.36 bits per heavy atom. The fraction of sp³-hybridized carbons (Fsp3) is 0.467. The summed E-state index contributed by atoms with van der Waals surface area (Å²) in [5.74, 6) is 0.377. The van der Waals surface area contributed by atoms with E-state index in [9.17, 15) is 9.90 Å². The van der Waals surface area contributed by atoms with Crippen molar-refractivity contribution in [2.45, 2.75) is 32.9 Å². The van der Waals surface area contributed by atoms with Gasteiger partial charge in [-0.2, -0.15) is 4.80 Å². The Morgan fingerprint density at radius 2 is 2.09 bits per heavy atom. The Labute approximate surface area is 129 Å². The molecule has 1 heterocycles. The van der Waals surface area contributed by atoms with Crippen LogP contribution in [0.25, 0.3) is 11.4 Å². The summed E-state index contributed by atoms with van der Waals surface area (Å²) in [5, 5.41) is 24.5. The second-order valence-electron chi connectivity index (χ2n) is 5.27.